The Bertz CT molecular complexity index is 564. The number of fused-ring (bicyclic) bond motifs is 1. The highest BCUT2D eigenvalue weighted by molar-refractivity contribution is 5.76. The van der Waals surface area contributed by atoms with Gasteiger partial charge in [0.25, 0.3) is 0 Å². The molecule has 3 rings (SSSR count). The fourth-order valence-electron chi connectivity index (χ4n) is 2.43. The lowest BCUT2D eigenvalue weighted by Crippen LogP contribution is -2.27. The zero-order chi connectivity index (χ0) is 13.1. The van der Waals surface area contributed by atoms with E-state index in [1.54, 1.807) is 0 Å². The summed E-state index contributed by atoms with van der Waals surface area (Å²) in [7, 11) is 0. The molecule has 1 aromatic heterocycles. The molecule has 1 fully saturated rings. The average Bonchev–Trinajstić information content (AvgIpc) is 2.46. The summed E-state index contributed by atoms with van der Waals surface area (Å²) < 4.78 is 5.72. The highest BCUT2D eigenvalue weighted by Gasteiger charge is 2.14. The molecule has 4 heteroatoms. The van der Waals surface area contributed by atoms with Crippen molar-refractivity contribution in [2.45, 2.75) is 32.3 Å². The van der Waals surface area contributed by atoms with Gasteiger partial charge in [0.2, 0.25) is 0 Å². The van der Waals surface area contributed by atoms with E-state index in [2.05, 4.69) is 15.3 Å². The molecule has 100 valence electrons. The quantitative estimate of drug-likeness (QED) is 0.918. The van der Waals surface area contributed by atoms with Gasteiger partial charge in [-0.2, -0.15) is 0 Å². The Labute approximate surface area is 113 Å². The Hall–Kier alpha value is -1.68. The van der Waals surface area contributed by atoms with Crippen LogP contribution in [0.25, 0.3) is 11.0 Å². The predicted octanol–water partition coefficient (Wildman–Crippen LogP) is 2.92. The van der Waals surface area contributed by atoms with Crippen LogP contribution >= 0.6 is 0 Å². The normalized spacial score (nSPS) is 19.5. The van der Waals surface area contributed by atoms with Crippen LogP contribution in [0.15, 0.2) is 24.3 Å². The molecule has 19 heavy (non-hydrogen) atoms. The molecule has 2 aromatic rings. The lowest BCUT2D eigenvalue weighted by Gasteiger charge is -2.23. The van der Waals surface area contributed by atoms with Gasteiger partial charge in [-0.05, 0) is 38.3 Å². The molecule has 1 aliphatic rings. The summed E-state index contributed by atoms with van der Waals surface area (Å²) in [4.78, 5) is 9.20. The van der Waals surface area contributed by atoms with Crippen LogP contribution in [0.3, 0.4) is 0 Å². The molecule has 0 aliphatic carbocycles. The lowest BCUT2D eigenvalue weighted by atomic mass is 10.1. The topological polar surface area (TPSA) is 47.0 Å². The number of aromatic nitrogens is 2. The Balaban J connectivity index is 1.74. The Morgan fingerprint density at radius 3 is 2.74 bits per heavy atom. The van der Waals surface area contributed by atoms with Gasteiger partial charge in [0.05, 0.1) is 22.8 Å². The number of hydrogen-bond acceptors (Lipinski definition) is 4. The second-order valence-corrected chi connectivity index (χ2v) is 5.02. The first-order valence-electron chi connectivity index (χ1n) is 6.92. The first-order chi connectivity index (χ1) is 9.33. The minimum absolute atomic E-state index is 0.307. The van der Waals surface area contributed by atoms with E-state index >= 15 is 0 Å². The van der Waals surface area contributed by atoms with Gasteiger partial charge in [0.15, 0.2) is 0 Å². The SMILES string of the molecule is Cc1nc2ccccc2nc1NCC1CCCCO1. The van der Waals surface area contributed by atoms with E-state index in [9.17, 15) is 0 Å². The summed E-state index contributed by atoms with van der Waals surface area (Å²) in [5.74, 6) is 0.868. The van der Waals surface area contributed by atoms with Crippen LogP contribution in [-0.4, -0.2) is 29.2 Å². The number of aryl methyl sites for hydroxylation is 1. The molecular weight excluding hydrogens is 238 g/mol. The van der Waals surface area contributed by atoms with Crippen molar-refractivity contribution in [1.82, 2.24) is 9.97 Å². The van der Waals surface area contributed by atoms with Crippen LogP contribution in [0, 0.1) is 6.92 Å². The number of ether oxygens (including phenoxy) is 1. The molecular formula is C15H19N3O. The Morgan fingerprint density at radius 2 is 2.00 bits per heavy atom. The minimum atomic E-state index is 0.307. The molecule has 1 aliphatic heterocycles. The maximum absolute atomic E-state index is 5.72. The highest BCUT2D eigenvalue weighted by atomic mass is 16.5. The first-order valence-corrected chi connectivity index (χ1v) is 6.92. The molecule has 1 unspecified atom stereocenters. The molecule has 0 spiro atoms. The van der Waals surface area contributed by atoms with E-state index in [0.717, 1.165) is 42.1 Å². The maximum Gasteiger partial charge on any atom is 0.148 e. The first kappa shape index (κ1) is 12.4. The molecule has 2 heterocycles. The number of nitrogens with one attached hydrogen (secondary N) is 1. The second kappa shape index (κ2) is 5.53. The smallest absolute Gasteiger partial charge is 0.148 e. The number of para-hydroxylation sites is 2. The van der Waals surface area contributed by atoms with Crippen molar-refractivity contribution in [2.75, 3.05) is 18.5 Å². The zero-order valence-electron chi connectivity index (χ0n) is 11.2. The van der Waals surface area contributed by atoms with Gasteiger partial charge in [0, 0.05) is 13.2 Å². The molecule has 0 bridgehead atoms. The predicted molar refractivity (Wildman–Crippen MR) is 76.4 cm³/mol. The van der Waals surface area contributed by atoms with E-state index in [-0.39, 0.29) is 0 Å². The fraction of sp³-hybridized carbons (Fsp3) is 0.467. The molecule has 0 saturated carbocycles. The second-order valence-electron chi connectivity index (χ2n) is 5.02. The van der Waals surface area contributed by atoms with Crippen molar-refractivity contribution in [3.8, 4) is 0 Å². The van der Waals surface area contributed by atoms with E-state index < -0.39 is 0 Å². The standard InChI is InChI=1S/C15H19N3O/c1-11-15(16-10-12-6-4-5-9-19-12)18-14-8-3-2-7-13(14)17-11/h2-3,7-8,12H,4-6,9-10H2,1H3,(H,16,18). The largest absolute Gasteiger partial charge is 0.376 e. The van der Waals surface area contributed by atoms with Crippen molar-refractivity contribution in [1.29, 1.82) is 0 Å². The summed E-state index contributed by atoms with van der Waals surface area (Å²) in [5.41, 5.74) is 2.81. The fourth-order valence-corrected chi connectivity index (χ4v) is 2.43. The summed E-state index contributed by atoms with van der Waals surface area (Å²) in [6.45, 7) is 3.69. The number of nitrogens with zero attached hydrogens (tertiary/aromatic N) is 2. The van der Waals surface area contributed by atoms with Gasteiger partial charge in [-0.3, -0.25) is 0 Å². The molecule has 1 saturated heterocycles. The van der Waals surface area contributed by atoms with Crippen molar-refractivity contribution in [3.63, 3.8) is 0 Å². The molecule has 1 N–H and O–H groups in total. The summed E-state index contributed by atoms with van der Waals surface area (Å²) in [6, 6.07) is 7.95. The van der Waals surface area contributed by atoms with Crippen LogP contribution < -0.4 is 5.32 Å². The maximum atomic E-state index is 5.72. The molecule has 4 nitrogen and oxygen atoms in total. The lowest BCUT2D eigenvalue weighted by molar-refractivity contribution is 0.0247. The van der Waals surface area contributed by atoms with Gasteiger partial charge in [-0.15, -0.1) is 0 Å². The summed E-state index contributed by atoms with van der Waals surface area (Å²) in [6.07, 6.45) is 3.88. The summed E-state index contributed by atoms with van der Waals surface area (Å²) >= 11 is 0. The third-order valence-electron chi connectivity index (χ3n) is 3.52. The van der Waals surface area contributed by atoms with Crippen LogP contribution in [0.4, 0.5) is 5.82 Å². The minimum Gasteiger partial charge on any atom is -0.376 e. The summed E-state index contributed by atoms with van der Waals surface area (Å²) in [5, 5.41) is 3.38. The number of anilines is 1. The van der Waals surface area contributed by atoms with E-state index in [4.69, 9.17) is 4.74 Å². The van der Waals surface area contributed by atoms with Crippen LogP contribution in [0.1, 0.15) is 25.0 Å². The van der Waals surface area contributed by atoms with Gasteiger partial charge < -0.3 is 10.1 Å². The zero-order valence-corrected chi connectivity index (χ0v) is 11.2. The monoisotopic (exact) mass is 257 g/mol. The van der Waals surface area contributed by atoms with Gasteiger partial charge in [-0.25, -0.2) is 9.97 Å². The van der Waals surface area contributed by atoms with Crippen LogP contribution in [0.5, 0.6) is 0 Å². The Kier molecular flexibility index (Phi) is 3.60. The van der Waals surface area contributed by atoms with E-state index in [0.29, 0.717) is 6.10 Å². The third kappa shape index (κ3) is 2.84. The van der Waals surface area contributed by atoms with E-state index in [1.807, 2.05) is 31.2 Å². The van der Waals surface area contributed by atoms with Gasteiger partial charge >= 0.3 is 0 Å². The van der Waals surface area contributed by atoms with Crippen molar-refractivity contribution in [2.24, 2.45) is 0 Å². The molecule has 0 amide bonds. The van der Waals surface area contributed by atoms with Crippen LogP contribution in [-0.2, 0) is 4.74 Å². The molecule has 0 radical (unpaired) electrons. The molecule has 1 aromatic carbocycles. The van der Waals surface area contributed by atoms with Gasteiger partial charge in [0.1, 0.15) is 5.82 Å². The highest BCUT2D eigenvalue weighted by Crippen LogP contribution is 2.17. The number of rotatable bonds is 3. The average molecular weight is 257 g/mol. The van der Waals surface area contributed by atoms with E-state index in [1.165, 1.54) is 12.8 Å². The van der Waals surface area contributed by atoms with Gasteiger partial charge in [-0.1, -0.05) is 12.1 Å². The molecule has 1 atom stereocenters. The van der Waals surface area contributed by atoms with Crippen molar-refractivity contribution >= 4 is 16.9 Å². The van der Waals surface area contributed by atoms with Crippen LogP contribution in [0.2, 0.25) is 0 Å². The van der Waals surface area contributed by atoms with Crippen molar-refractivity contribution in [3.05, 3.63) is 30.0 Å². The number of hydrogen-bond donors (Lipinski definition) is 1. The third-order valence-corrected chi connectivity index (χ3v) is 3.52. The number of benzene rings is 1. The Morgan fingerprint density at radius 1 is 1.21 bits per heavy atom. The van der Waals surface area contributed by atoms with Crippen molar-refractivity contribution < 1.29 is 4.74 Å².